The fourth-order valence-corrected chi connectivity index (χ4v) is 11.9. The van der Waals surface area contributed by atoms with E-state index in [1.807, 2.05) is 0 Å². The lowest BCUT2D eigenvalue weighted by Gasteiger charge is -2.21. The number of aliphatic hydroxyl groups excluding tert-OH is 1. The van der Waals surface area contributed by atoms with Crippen molar-refractivity contribution in [1.82, 2.24) is 0 Å². The van der Waals surface area contributed by atoms with Gasteiger partial charge < -0.3 is 33.8 Å². The first-order chi connectivity index (χ1) is 48.7. The van der Waals surface area contributed by atoms with Gasteiger partial charge in [-0.25, -0.2) is 9.13 Å². The Morgan fingerprint density at radius 1 is 0.290 bits per heavy atom. The predicted molar refractivity (Wildman–Crippen MR) is 408 cm³/mol. The average Bonchev–Trinajstić information content (AvgIpc) is 0.943. The van der Waals surface area contributed by atoms with Gasteiger partial charge in [0.15, 0.2) is 12.2 Å². The molecule has 0 aromatic rings. The van der Waals surface area contributed by atoms with Crippen LogP contribution in [0.1, 0.15) is 323 Å². The fraction of sp³-hybridized carbons (Fsp3) is 0.728. The van der Waals surface area contributed by atoms with E-state index in [0.717, 1.165) is 167 Å². The van der Waals surface area contributed by atoms with Gasteiger partial charge in [-0.15, -0.1) is 0 Å². The molecule has 17 nitrogen and oxygen atoms in total. The van der Waals surface area contributed by atoms with Crippen molar-refractivity contribution in [2.45, 2.75) is 341 Å². The summed E-state index contributed by atoms with van der Waals surface area (Å²) in [6, 6.07) is 0. The number of ether oxygens (including phenoxy) is 4. The van der Waals surface area contributed by atoms with Gasteiger partial charge in [-0.1, -0.05) is 278 Å². The minimum absolute atomic E-state index is 0.0784. The quantitative estimate of drug-likeness (QED) is 0.0169. The summed E-state index contributed by atoms with van der Waals surface area (Å²) >= 11 is 0. The zero-order valence-electron chi connectivity index (χ0n) is 62.8. The topological polar surface area (TPSA) is 237 Å². The minimum Gasteiger partial charge on any atom is -0.462 e. The zero-order chi connectivity index (χ0) is 73.2. The van der Waals surface area contributed by atoms with Crippen molar-refractivity contribution in [1.29, 1.82) is 0 Å². The SMILES string of the molecule is CC/C=C\C/C=C\C/C=C\C/C=C\CCCCCCC(=O)OCC(COP(=O)(O)OCC(O)COP(=O)(O)OCC(COC(=O)CCCCCC/C=C\C/C=C\C/C=C\C/C=C\CC)OC(=O)CCCCCCCCCCCCCCC)OC(=O)CCCCCCC/C=C\CCCCCC. The first-order valence-electron chi connectivity index (χ1n) is 39.1. The molecule has 19 heteroatoms. The number of hydrogen-bond donors (Lipinski definition) is 3. The molecule has 5 atom stereocenters. The van der Waals surface area contributed by atoms with Gasteiger partial charge in [-0.2, -0.15) is 0 Å². The summed E-state index contributed by atoms with van der Waals surface area (Å²) < 4.78 is 68.5. The molecule has 0 heterocycles. The molecule has 0 saturated heterocycles. The second-order valence-electron chi connectivity index (χ2n) is 25.9. The maximum absolute atomic E-state index is 13.1. The summed E-state index contributed by atoms with van der Waals surface area (Å²) in [6.07, 6.45) is 77.8. The van der Waals surface area contributed by atoms with Gasteiger partial charge in [0, 0.05) is 25.7 Å². The molecule has 100 heavy (non-hydrogen) atoms. The van der Waals surface area contributed by atoms with Crippen LogP contribution in [0.3, 0.4) is 0 Å². The first-order valence-corrected chi connectivity index (χ1v) is 42.1. The van der Waals surface area contributed by atoms with E-state index in [1.54, 1.807) is 0 Å². The molecule has 0 fully saturated rings. The Labute approximate surface area is 607 Å². The van der Waals surface area contributed by atoms with Crippen molar-refractivity contribution < 1.29 is 80.2 Å². The fourth-order valence-electron chi connectivity index (χ4n) is 10.3. The highest BCUT2D eigenvalue weighted by Gasteiger charge is 2.30. The molecule has 0 spiro atoms. The van der Waals surface area contributed by atoms with Gasteiger partial charge in [0.25, 0.3) is 0 Å². The normalized spacial score (nSPS) is 14.5. The third-order valence-corrected chi connectivity index (χ3v) is 18.1. The van der Waals surface area contributed by atoms with Crippen molar-refractivity contribution in [3.05, 3.63) is 109 Å². The second-order valence-corrected chi connectivity index (χ2v) is 28.8. The second kappa shape index (κ2) is 73.0. The van der Waals surface area contributed by atoms with Crippen molar-refractivity contribution in [3.8, 4) is 0 Å². The molecular weight excluding hydrogens is 1310 g/mol. The van der Waals surface area contributed by atoms with Gasteiger partial charge in [0.2, 0.25) is 0 Å². The summed E-state index contributed by atoms with van der Waals surface area (Å²) in [4.78, 5) is 72.9. The van der Waals surface area contributed by atoms with Crippen LogP contribution in [-0.2, 0) is 65.4 Å². The summed E-state index contributed by atoms with van der Waals surface area (Å²) in [5.74, 6) is -2.22. The largest absolute Gasteiger partial charge is 0.472 e. The number of allylic oxidation sites excluding steroid dienone is 18. The minimum atomic E-state index is -4.98. The number of hydrogen-bond acceptors (Lipinski definition) is 15. The molecule has 0 amide bonds. The number of aliphatic hydroxyl groups is 1. The van der Waals surface area contributed by atoms with Crippen LogP contribution < -0.4 is 0 Å². The monoisotopic (exact) mass is 1450 g/mol. The van der Waals surface area contributed by atoms with Crippen LogP contribution in [0, 0.1) is 0 Å². The van der Waals surface area contributed by atoms with Gasteiger partial charge in [-0.05, 0) is 128 Å². The first kappa shape index (κ1) is 95.7. The van der Waals surface area contributed by atoms with Crippen LogP contribution in [0.4, 0.5) is 0 Å². The summed E-state index contributed by atoms with van der Waals surface area (Å²) in [5, 5.41) is 10.6. The Morgan fingerprint density at radius 2 is 0.520 bits per heavy atom. The van der Waals surface area contributed by atoms with Crippen LogP contribution >= 0.6 is 15.6 Å². The van der Waals surface area contributed by atoms with E-state index in [0.29, 0.717) is 25.7 Å². The molecule has 0 aromatic heterocycles. The third kappa shape index (κ3) is 72.1. The lowest BCUT2D eigenvalue weighted by atomic mass is 10.0. The predicted octanol–water partition coefficient (Wildman–Crippen LogP) is 22.6. The highest BCUT2D eigenvalue weighted by atomic mass is 31.2. The Morgan fingerprint density at radius 3 is 0.820 bits per heavy atom. The lowest BCUT2D eigenvalue weighted by molar-refractivity contribution is -0.161. The third-order valence-electron chi connectivity index (χ3n) is 16.2. The van der Waals surface area contributed by atoms with Gasteiger partial charge in [0.1, 0.15) is 19.3 Å². The van der Waals surface area contributed by atoms with E-state index >= 15 is 0 Å². The standard InChI is InChI=1S/C81H140O17P2/c1-5-9-13-17-21-25-29-33-35-37-39-43-45-49-53-57-61-65-78(83)91-71-76(97-80(85)67-63-59-55-51-47-41-31-27-23-19-15-11-7-3)73-95-99(87,88)93-69-75(82)70-94-100(89,90)96-74-77(98-81(86)68-64-60-56-52-48-42-32-28-24-20-16-12-8-4)72-92-79(84)66-62-58-54-50-46-44-40-38-36-34-30-26-22-18-14-10-6-2/h9-10,13-14,21-22,25-27,31,33-36,39-40,43-44,75-77,82H,5-8,11-12,15-20,23-24,28-30,32,37-38,41-42,45-74H2,1-4H3,(H,87,88)(H,89,90)/b13-9-,14-10-,25-21-,26-22-,31-27-,35-33-,36-34-,43-39-,44-40-. The van der Waals surface area contributed by atoms with Crippen LogP contribution in [0.2, 0.25) is 0 Å². The van der Waals surface area contributed by atoms with Crippen molar-refractivity contribution in [3.63, 3.8) is 0 Å². The highest BCUT2D eigenvalue weighted by Crippen LogP contribution is 2.45. The van der Waals surface area contributed by atoms with Gasteiger partial charge in [0.05, 0.1) is 26.4 Å². The molecule has 0 aromatic carbocycles. The Bertz CT molecular complexity index is 2320. The van der Waals surface area contributed by atoms with E-state index in [4.69, 9.17) is 37.0 Å². The number of carbonyl (C=O) groups is 4. The molecule has 0 rings (SSSR count). The van der Waals surface area contributed by atoms with Crippen LogP contribution in [-0.4, -0.2) is 96.7 Å². The molecule has 5 unspecified atom stereocenters. The van der Waals surface area contributed by atoms with Crippen LogP contribution in [0.25, 0.3) is 0 Å². The molecule has 0 saturated carbocycles. The van der Waals surface area contributed by atoms with Gasteiger partial charge in [-0.3, -0.25) is 37.3 Å². The molecule has 0 bridgehead atoms. The number of rotatable bonds is 73. The lowest BCUT2D eigenvalue weighted by Crippen LogP contribution is -2.30. The molecule has 0 aliphatic heterocycles. The maximum Gasteiger partial charge on any atom is 0.472 e. The maximum atomic E-state index is 13.1. The van der Waals surface area contributed by atoms with Crippen molar-refractivity contribution >= 4 is 39.5 Å². The number of carbonyl (C=O) groups excluding carboxylic acids is 4. The smallest absolute Gasteiger partial charge is 0.462 e. The number of unbranched alkanes of at least 4 members (excludes halogenated alkanes) is 29. The highest BCUT2D eigenvalue weighted by molar-refractivity contribution is 7.47. The zero-order valence-corrected chi connectivity index (χ0v) is 64.6. The molecule has 3 N–H and O–H groups in total. The molecular formula is C81H140O17P2. The summed E-state index contributed by atoms with van der Waals surface area (Å²) in [7, 11) is -9.96. The van der Waals surface area contributed by atoms with E-state index in [2.05, 4.69) is 137 Å². The van der Waals surface area contributed by atoms with Crippen molar-refractivity contribution in [2.75, 3.05) is 39.6 Å². The van der Waals surface area contributed by atoms with E-state index in [9.17, 15) is 43.2 Å². The van der Waals surface area contributed by atoms with Crippen LogP contribution in [0.5, 0.6) is 0 Å². The van der Waals surface area contributed by atoms with Gasteiger partial charge >= 0.3 is 39.5 Å². The van der Waals surface area contributed by atoms with Crippen LogP contribution in [0.15, 0.2) is 109 Å². The van der Waals surface area contributed by atoms with E-state index in [1.165, 1.54) is 77.0 Å². The summed E-state index contributed by atoms with van der Waals surface area (Å²) in [5.41, 5.74) is 0. The number of esters is 4. The molecule has 0 aliphatic carbocycles. The Kier molecular flexibility index (Phi) is 69.9. The molecule has 0 radical (unpaired) electrons. The van der Waals surface area contributed by atoms with Crippen molar-refractivity contribution in [2.24, 2.45) is 0 Å². The Hall–Kier alpha value is -4.28. The molecule has 576 valence electrons. The molecule has 0 aliphatic rings. The number of phosphoric acid groups is 2. The Balaban J connectivity index is 5.37. The number of phosphoric ester groups is 2. The average molecular weight is 1450 g/mol. The van der Waals surface area contributed by atoms with E-state index in [-0.39, 0.29) is 25.7 Å². The van der Waals surface area contributed by atoms with E-state index < -0.39 is 97.5 Å². The summed E-state index contributed by atoms with van der Waals surface area (Å²) in [6.45, 7) is 4.59.